The van der Waals surface area contributed by atoms with Gasteiger partial charge >= 0.3 is 0 Å². The molecule has 0 amide bonds. The average molecular weight is 316 g/mol. The summed E-state index contributed by atoms with van der Waals surface area (Å²) in [6.07, 6.45) is 1.07. The Morgan fingerprint density at radius 1 is 0.952 bits per heavy atom. The highest BCUT2D eigenvalue weighted by Gasteiger charge is 2.32. The molecule has 1 aliphatic heterocycles. The molecule has 3 heteroatoms. The van der Waals surface area contributed by atoms with Gasteiger partial charge in [-0.3, -0.25) is 0 Å². The van der Waals surface area contributed by atoms with E-state index in [0.717, 1.165) is 19.4 Å². The Morgan fingerprint density at radius 3 is 1.90 bits per heavy atom. The molecule has 1 heterocycles. The van der Waals surface area contributed by atoms with Crippen LogP contribution in [0.3, 0.4) is 0 Å². The minimum Gasteiger partial charge on any atom is -0.381 e. The van der Waals surface area contributed by atoms with Crippen LogP contribution in [-0.2, 0) is 16.5 Å². The molecule has 1 nitrogen and oxygen atoms in total. The molecule has 0 aromatic heterocycles. The lowest BCUT2D eigenvalue weighted by Gasteiger charge is -2.27. The van der Waals surface area contributed by atoms with Gasteiger partial charge in [0.05, 0.1) is 6.61 Å². The van der Waals surface area contributed by atoms with Gasteiger partial charge in [0.25, 0.3) is 0 Å². The molecule has 0 N–H and O–H groups in total. The maximum Gasteiger partial charge on any atom is 0.0501 e. The quantitative estimate of drug-likeness (QED) is 0.800. The van der Waals surface area contributed by atoms with Crippen LogP contribution in [0.1, 0.15) is 6.92 Å². The number of hydrogen-bond acceptors (Lipinski definition) is 2. The highest BCUT2D eigenvalue weighted by Crippen LogP contribution is 2.47. The summed E-state index contributed by atoms with van der Waals surface area (Å²) in [5, 5.41) is 2.65. The van der Waals surface area contributed by atoms with Crippen LogP contribution in [0.25, 0.3) is 0 Å². The standard InChI is InChI=1S/C18H21OPS/c1-15-12-19-13-16(15)14-20(21,17-8-4-2-5-9-17)18-10-6-3-7-11-18/h2-11,15-16H,12-14H2,1H3. The Morgan fingerprint density at radius 2 is 1.48 bits per heavy atom. The van der Waals surface area contributed by atoms with Gasteiger partial charge in [-0.2, -0.15) is 0 Å². The molecule has 3 rings (SSSR count). The van der Waals surface area contributed by atoms with Gasteiger partial charge in [0.2, 0.25) is 0 Å². The first-order valence-corrected chi connectivity index (χ1v) is 10.5. The first-order chi connectivity index (χ1) is 10.2. The maximum absolute atomic E-state index is 6.28. The van der Waals surface area contributed by atoms with Crippen LogP contribution >= 0.6 is 6.04 Å². The molecule has 1 fully saturated rings. The number of ether oxygens (including phenoxy) is 1. The van der Waals surface area contributed by atoms with E-state index in [-0.39, 0.29) is 0 Å². The maximum atomic E-state index is 6.28. The normalized spacial score (nSPS) is 22.3. The zero-order valence-electron chi connectivity index (χ0n) is 12.3. The Balaban J connectivity index is 2.01. The van der Waals surface area contributed by atoms with Crippen LogP contribution in [-0.4, -0.2) is 19.4 Å². The number of rotatable bonds is 4. The first-order valence-electron chi connectivity index (χ1n) is 7.48. The van der Waals surface area contributed by atoms with Crippen molar-refractivity contribution >= 4 is 28.5 Å². The smallest absolute Gasteiger partial charge is 0.0501 e. The van der Waals surface area contributed by atoms with Gasteiger partial charge in [-0.25, -0.2) is 0 Å². The second kappa shape index (κ2) is 6.44. The van der Waals surface area contributed by atoms with E-state index in [0.29, 0.717) is 11.8 Å². The minimum absolute atomic E-state index is 0.580. The van der Waals surface area contributed by atoms with Crippen molar-refractivity contribution in [3.8, 4) is 0 Å². The SMILES string of the molecule is CC1COCC1CP(=S)(c1ccccc1)c1ccccc1. The third-order valence-electron chi connectivity index (χ3n) is 4.36. The van der Waals surface area contributed by atoms with Crippen LogP contribution in [0.4, 0.5) is 0 Å². The molecule has 1 saturated heterocycles. The first kappa shape index (κ1) is 15.0. The largest absolute Gasteiger partial charge is 0.381 e. The molecule has 2 unspecified atom stereocenters. The lowest BCUT2D eigenvalue weighted by atomic mass is 10.0. The van der Waals surface area contributed by atoms with Crippen molar-refractivity contribution in [1.29, 1.82) is 0 Å². The summed E-state index contributed by atoms with van der Waals surface area (Å²) in [6.45, 7) is 4.02. The highest BCUT2D eigenvalue weighted by molar-refractivity contribution is 8.21. The molecule has 2 atom stereocenters. The summed E-state index contributed by atoms with van der Waals surface area (Å²) in [4.78, 5) is 0. The van der Waals surface area contributed by atoms with Crippen molar-refractivity contribution in [3.63, 3.8) is 0 Å². The fourth-order valence-corrected chi connectivity index (χ4v) is 7.42. The fraction of sp³-hybridized carbons (Fsp3) is 0.333. The van der Waals surface area contributed by atoms with E-state index in [1.54, 1.807) is 0 Å². The lowest BCUT2D eigenvalue weighted by Crippen LogP contribution is -2.24. The van der Waals surface area contributed by atoms with E-state index < -0.39 is 6.04 Å². The molecule has 110 valence electrons. The van der Waals surface area contributed by atoms with Gasteiger partial charge in [-0.1, -0.05) is 79.4 Å². The molecule has 0 saturated carbocycles. The van der Waals surface area contributed by atoms with E-state index in [1.807, 2.05) is 0 Å². The van der Waals surface area contributed by atoms with E-state index in [4.69, 9.17) is 16.5 Å². The molecule has 0 aliphatic carbocycles. The molecule has 2 aromatic rings. The summed E-state index contributed by atoms with van der Waals surface area (Å²) < 4.78 is 5.66. The monoisotopic (exact) mass is 316 g/mol. The molecule has 21 heavy (non-hydrogen) atoms. The van der Waals surface area contributed by atoms with E-state index in [1.165, 1.54) is 10.6 Å². The van der Waals surface area contributed by atoms with Gasteiger partial charge in [-0.15, -0.1) is 0 Å². The number of hydrogen-bond donors (Lipinski definition) is 0. The molecule has 0 spiro atoms. The summed E-state index contributed by atoms with van der Waals surface area (Å²) >= 11 is 6.28. The van der Waals surface area contributed by atoms with Crippen LogP contribution in [0.2, 0.25) is 0 Å². The lowest BCUT2D eigenvalue weighted by molar-refractivity contribution is 0.183. The Labute approximate surface area is 132 Å². The zero-order chi connectivity index (χ0) is 14.7. The van der Waals surface area contributed by atoms with Crippen LogP contribution in [0.15, 0.2) is 60.7 Å². The van der Waals surface area contributed by atoms with Gasteiger partial charge in [-0.05, 0) is 28.6 Å². The predicted octanol–water partition coefficient (Wildman–Crippen LogP) is 3.40. The fourth-order valence-electron chi connectivity index (χ4n) is 2.97. The summed E-state index contributed by atoms with van der Waals surface area (Å²) in [7, 11) is 0. The van der Waals surface area contributed by atoms with Crippen LogP contribution in [0, 0.1) is 11.8 Å². The molecular weight excluding hydrogens is 295 g/mol. The van der Waals surface area contributed by atoms with Gasteiger partial charge in [0.1, 0.15) is 0 Å². The van der Waals surface area contributed by atoms with Crippen molar-refractivity contribution in [1.82, 2.24) is 0 Å². The summed E-state index contributed by atoms with van der Waals surface area (Å²) in [6, 6.07) is 19.6. The molecule has 1 aliphatic rings. The van der Waals surface area contributed by atoms with Crippen molar-refractivity contribution in [3.05, 3.63) is 60.7 Å². The van der Waals surface area contributed by atoms with Crippen LogP contribution in [0.5, 0.6) is 0 Å². The third-order valence-corrected chi connectivity index (χ3v) is 9.32. The summed E-state index contributed by atoms with van der Waals surface area (Å²) in [5.41, 5.74) is 0. The van der Waals surface area contributed by atoms with Gasteiger partial charge in [0.15, 0.2) is 0 Å². The molecule has 2 aromatic carbocycles. The molecule has 0 bridgehead atoms. The van der Waals surface area contributed by atoms with Crippen molar-refractivity contribution in [2.24, 2.45) is 11.8 Å². The zero-order valence-corrected chi connectivity index (χ0v) is 14.0. The summed E-state index contributed by atoms with van der Waals surface area (Å²) in [5.74, 6) is 1.19. The predicted molar refractivity (Wildman–Crippen MR) is 94.8 cm³/mol. The Hall–Kier alpha value is -0.950. The van der Waals surface area contributed by atoms with E-state index >= 15 is 0 Å². The van der Waals surface area contributed by atoms with Crippen molar-refractivity contribution in [2.45, 2.75) is 6.92 Å². The highest BCUT2D eigenvalue weighted by atomic mass is 32.4. The van der Waals surface area contributed by atoms with Crippen LogP contribution < -0.4 is 10.6 Å². The van der Waals surface area contributed by atoms with Crippen molar-refractivity contribution in [2.75, 3.05) is 19.4 Å². The topological polar surface area (TPSA) is 9.23 Å². The third kappa shape index (κ3) is 3.13. The Kier molecular flexibility index (Phi) is 4.59. The second-order valence-corrected chi connectivity index (χ2v) is 10.6. The minimum atomic E-state index is -1.76. The van der Waals surface area contributed by atoms with Crippen molar-refractivity contribution < 1.29 is 4.74 Å². The van der Waals surface area contributed by atoms with Gasteiger partial charge in [0, 0.05) is 12.6 Å². The van der Waals surface area contributed by atoms with Gasteiger partial charge < -0.3 is 4.74 Å². The molecular formula is C18H21OPS. The second-order valence-electron chi connectivity index (χ2n) is 5.87. The van der Waals surface area contributed by atoms with E-state index in [9.17, 15) is 0 Å². The molecule has 0 radical (unpaired) electrons. The van der Waals surface area contributed by atoms with E-state index in [2.05, 4.69) is 67.6 Å². The number of benzene rings is 2. The Bertz CT molecular complexity index is 583. The average Bonchev–Trinajstić information content (AvgIpc) is 2.94.